The van der Waals surface area contributed by atoms with Crippen molar-refractivity contribution in [2.24, 2.45) is 0 Å². The standard InChI is InChI=1S/C20H19F3N4O6/c21-20(22,23)13-25(12-14-3-1-2-4-17(14)27(31)32)19(28)16-11-15(26(29)30)5-6-18(16)24-7-9-33-10-8-24/h1-6,11H,7-10,12-13H2. The SMILES string of the molecule is O=C(c1cc([N+](=O)[O-])ccc1N1CCOCC1)N(Cc1ccccc1[N+](=O)[O-])CC(F)(F)F. The molecule has 0 spiro atoms. The van der Waals surface area contributed by atoms with E-state index in [0.29, 0.717) is 31.2 Å². The van der Waals surface area contributed by atoms with Crippen molar-refractivity contribution in [1.29, 1.82) is 0 Å². The number of carbonyl (C=O) groups is 1. The topological polar surface area (TPSA) is 119 Å². The molecule has 0 atom stereocenters. The number of hydrogen-bond donors (Lipinski definition) is 0. The largest absolute Gasteiger partial charge is 0.406 e. The first kappa shape index (κ1) is 23.9. The van der Waals surface area contributed by atoms with Gasteiger partial charge in [-0.2, -0.15) is 13.2 Å². The highest BCUT2D eigenvalue weighted by Gasteiger charge is 2.36. The number of benzene rings is 2. The van der Waals surface area contributed by atoms with Crippen LogP contribution in [0.1, 0.15) is 15.9 Å². The van der Waals surface area contributed by atoms with Crippen LogP contribution in [0.2, 0.25) is 0 Å². The Balaban J connectivity index is 2.06. The monoisotopic (exact) mass is 468 g/mol. The van der Waals surface area contributed by atoms with Gasteiger partial charge in [-0.15, -0.1) is 0 Å². The van der Waals surface area contributed by atoms with Crippen LogP contribution in [-0.4, -0.2) is 59.7 Å². The number of amides is 1. The first-order valence-electron chi connectivity index (χ1n) is 9.76. The van der Waals surface area contributed by atoms with E-state index in [9.17, 15) is 38.2 Å². The molecule has 1 amide bonds. The third-order valence-corrected chi connectivity index (χ3v) is 4.98. The van der Waals surface area contributed by atoms with E-state index >= 15 is 0 Å². The number of nitro groups is 2. The number of halogens is 3. The highest BCUT2D eigenvalue weighted by atomic mass is 19.4. The Kier molecular flexibility index (Phi) is 7.11. The number of alkyl halides is 3. The minimum absolute atomic E-state index is 0.0987. The Hall–Kier alpha value is -3.74. The highest BCUT2D eigenvalue weighted by Crippen LogP contribution is 2.30. The van der Waals surface area contributed by atoms with Crippen molar-refractivity contribution in [3.8, 4) is 0 Å². The molecule has 13 heteroatoms. The van der Waals surface area contributed by atoms with Gasteiger partial charge in [0.1, 0.15) is 6.54 Å². The average Bonchev–Trinajstić information content (AvgIpc) is 2.77. The van der Waals surface area contributed by atoms with Crippen LogP contribution in [0.4, 0.5) is 30.2 Å². The van der Waals surface area contributed by atoms with E-state index in [0.717, 1.165) is 18.2 Å². The summed E-state index contributed by atoms with van der Waals surface area (Å²) in [5, 5.41) is 22.6. The van der Waals surface area contributed by atoms with Gasteiger partial charge in [0.05, 0.1) is 40.9 Å². The number of morpholine rings is 1. The Morgan fingerprint density at radius 2 is 1.73 bits per heavy atom. The summed E-state index contributed by atoms with van der Waals surface area (Å²) in [6.07, 6.45) is -4.81. The maximum absolute atomic E-state index is 13.3. The smallest absolute Gasteiger partial charge is 0.378 e. The normalized spacial score (nSPS) is 14.1. The predicted molar refractivity (Wildman–Crippen MR) is 110 cm³/mol. The van der Waals surface area contributed by atoms with Crippen LogP contribution in [-0.2, 0) is 11.3 Å². The lowest BCUT2D eigenvalue weighted by molar-refractivity contribution is -0.385. The number of non-ortho nitro benzene ring substituents is 1. The molecular formula is C20H19F3N4O6. The van der Waals surface area contributed by atoms with Crippen molar-refractivity contribution in [3.05, 3.63) is 73.8 Å². The zero-order chi connectivity index (χ0) is 24.2. The molecule has 0 aliphatic carbocycles. The molecule has 1 aliphatic heterocycles. The zero-order valence-corrected chi connectivity index (χ0v) is 17.2. The Morgan fingerprint density at radius 1 is 1.06 bits per heavy atom. The summed E-state index contributed by atoms with van der Waals surface area (Å²) >= 11 is 0. The van der Waals surface area contributed by atoms with Gasteiger partial charge in [0.2, 0.25) is 0 Å². The van der Waals surface area contributed by atoms with Crippen molar-refractivity contribution >= 4 is 23.0 Å². The van der Waals surface area contributed by atoms with E-state index in [1.807, 2.05) is 0 Å². The number of nitro benzene ring substituents is 2. The van der Waals surface area contributed by atoms with Crippen LogP contribution in [0, 0.1) is 20.2 Å². The zero-order valence-electron chi connectivity index (χ0n) is 17.2. The molecule has 1 aliphatic rings. The van der Waals surface area contributed by atoms with Gasteiger partial charge in [-0.05, 0) is 6.07 Å². The molecule has 3 rings (SSSR count). The summed E-state index contributed by atoms with van der Waals surface area (Å²) in [5.41, 5.74) is -1.08. The van der Waals surface area contributed by atoms with Crippen molar-refractivity contribution in [2.75, 3.05) is 37.7 Å². The van der Waals surface area contributed by atoms with E-state index in [2.05, 4.69) is 0 Å². The van der Waals surface area contributed by atoms with Gasteiger partial charge in [-0.3, -0.25) is 25.0 Å². The quantitative estimate of drug-likeness (QED) is 0.450. The molecule has 1 saturated heterocycles. The van der Waals surface area contributed by atoms with Crippen LogP contribution in [0.15, 0.2) is 42.5 Å². The lowest BCUT2D eigenvalue weighted by atomic mass is 10.1. The molecule has 0 N–H and O–H groups in total. The summed E-state index contributed by atoms with van der Waals surface area (Å²) < 4.78 is 45.3. The third kappa shape index (κ3) is 5.94. The number of para-hydroxylation sites is 1. The molecule has 0 aromatic heterocycles. The summed E-state index contributed by atoms with van der Waals surface area (Å²) in [7, 11) is 0. The molecule has 0 saturated carbocycles. The second kappa shape index (κ2) is 9.81. The molecule has 176 valence electrons. The molecule has 0 bridgehead atoms. The third-order valence-electron chi connectivity index (χ3n) is 4.98. The van der Waals surface area contributed by atoms with Crippen LogP contribution in [0.25, 0.3) is 0 Å². The second-order valence-electron chi connectivity index (χ2n) is 7.22. The summed E-state index contributed by atoms with van der Waals surface area (Å²) in [6, 6.07) is 8.55. The minimum Gasteiger partial charge on any atom is -0.378 e. The fraction of sp³-hybridized carbons (Fsp3) is 0.350. The van der Waals surface area contributed by atoms with E-state index in [4.69, 9.17) is 4.74 Å². The van der Waals surface area contributed by atoms with Gasteiger partial charge in [-0.1, -0.05) is 18.2 Å². The first-order valence-corrected chi connectivity index (χ1v) is 9.76. The maximum Gasteiger partial charge on any atom is 0.406 e. The summed E-state index contributed by atoms with van der Waals surface area (Å²) in [4.78, 5) is 36.5. The van der Waals surface area contributed by atoms with Gasteiger partial charge < -0.3 is 14.5 Å². The Bertz CT molecular complexity index is 1060. The molecule has 0 unspecified atom stereocenters. The molecular weight excluding hydrogens is 449 g/mol. The average molecular weight is 468 g/mol. The summed E-state index contributed by atoms with van der Waals surface area (Å²) in [5.74, 6) is -1.13. The minimum atomic E-state index is -4.81. The summed E-state index contributed by atoms with van der Waals surface area (Å²) in [6.45, 7) is -1.10. The molecule has 2 aromatic carbocycles. The van der Waals surface area contributed by atoms with Crippen LogP contribution < -0.4 is 4.90 Å². The van der Waals surface area contributed by atoms with Crippen molar-refractivity contribution in [3.63, 3.8) is 0 Å². The van der Waals surface area contributed by atoms with Gasteiger partial charge in [0.25, 0.3) is 17.3 Å². The molecule has 10 nitrogen and oxygen atoms in total. The first-order chi connectivity index (χ1) is 15.6. The predicted octanol–water partition coefficient (Wildman–Crippen LogP) is 3.54. The van der Waals surface area contributed by atoms with Crippen molar-refractivity contribution < 1.29 is 32.5 Å². The lowest BCUT2D eigenvalue weighted by Crippen LogP contribution is -2.41. The highest BCUT2D eigenvalue weighted by molar-refractivity contribution is 6.00. The number of anilines is 1. The number of nitrogens with zero attached hydrogens (tertiary/aromatic N) is 4. The fourth-order valence-electron chi connectivity index (χ4n) is 3.50. The molecule has 2 aromatic rings. The fourth-order valence-corrected chi connectivity index (χ4v) is 3.50. The molecule has 1 heterocycles. The van der Waals surface area contributed by atoms with Gasteiger partial charge in [0, 0.05) is 36.9 Å². The Labute approximate surface area is 185 Å². The number of rotatable bonds is 7. The van der Waals surface area contributed by atoms with Crippen LogP contribution in [0.3, 0.4) is 0 Å². The van der Waals surface area contributed by atoms with Crippen molar-refractivity contribution in [1.82, 2.24) is 4.90 Å². The molecule has 0 radical (unpaired) electrons. The maximum atomic E-state index is 13.3. The lowest BCUT2D eigenvalue weighted by Gasteiger charge is -2.31. The van der Waals surface area contributed by atoms with E-state index in [-0.39, 0.29) is 16.8 Å². The van der Waals surface area contributed by atoms with Crippen molar-refractivity contribution in [2.45, 2.75) is 12.7 Å². The van der Waals surface area contributed by atoms with Gasteiger partial charge in [0.15, 0.2) is 0 Å². The van der Waals surface area contributed by atoms with E-state index < -0.39 is 46.4 Å². The molecule has 33 heavy (non-hydrogen) atoms. The number of hydrogen-bond acceptors (Lipinski definition) is 7. The van der Waals surface area contributed by atoms with E-state index in [1.54, 1.807) is 4.90 Å². The molecule has 1 fully saturated rings. The van der Waals surface area contributed by atoms with Gasteiger partial charge >= 0.3 is 6.18 Å². The number of ether oxygens (including phenoxy) is 1. The van der Waals surface area contributed by atoms with Crippen LogP contribution in [0.5, 0.6) is 0 Å². The van der Waals surface area contributed by atoms with E-state index in [1.165, 1.54) is 24.3 Å². The van der Waals surface area contributed by atoms with Crippen LogP contribution >= 0.6 is 0 Å². The Morgan fingerprint density at radius 3 is 2.33 bits per heavy atom. The van der Waals surface area contributed by atoms with Gasteiger partial charge in [-0.25, -0.2) is 0 Å². The number of carbonyl (C=O) groups excluding carboxylic acids is 1. The second-order valence-corrected chi connectivity index (χ2v) is 7.22.